The molecule has 180 valence electrons. The first-order valence-electron chi connectivity index (χ1n) is 10.2. The summed E-state index contributed by atoms with van der Waals surface area (Å²) in [7, 11) is 0. The molecule has 0 saturated carbocycles. The van der Waals surface area contributed by atoms with Crippen molar-refractivity contribution in [3.63, 3.8) is 0 Å². The zero-order chi connectivity index (χ0) is 25.2. The van der Waals surface area contributed by atoms with Crippen LogP contribution in [0.25, 0.3) is 0 Å². The van der Waals surface area contributed by atoms with Crippen molar-refractivity contribution in [2.75, 3.05) is 19.8 Å². The Hall–Kier alpha value is -2.90. The quantitative estimate of drug-likeness (QED) is 0.224. The van der Waals surface area contributed by atoms with Crippen LogP contribution in [0.3, 0.4) is 0 Å². The SMILES string of the molecule is C=CC(=O)OCC(C)(C)COC(=O)C(C)(C)C(CC(C)(C)COC(=O)C=C)OC(=O)C=C. The first-order chi connectivity index (χ1) is 14.6. The van der Waals surface area contributed by atoms with Crippen molar-refractivity contribution in [3.05, 3.63) is 38.0 Å². The number of carbonyl (C=O) groups excluding carboxylic acids is 4. The molecule has 0 saturated heterocycles. The third-order valence-electron chi connectivity index (χ3n) is 4.63. The summed E-state index contributed by atoms with van der Waals surface area (Å²) in [4.78, 5) is 47.6. The minimum Gasteiger partial charge on any atom is -0.464 e. The number of rotatable bonds is 14. The molecule has 8 nitrogen and oxygen atoms in total. The average molecular weight is 453 g/mol. The monoisotopic (exact) mass is 452 g/mol. The second-order valence-corrected chi connectivity index (χ2v) is 9.58. The van der Waals surface area contributed by atoms with Crippen molar-refractivity contribution in [2.45, 2.75) is 54.1 Å². The zero-order valence-electron chi connectivity index (χ0n) is 20.0. The molecule has 0 aliphatic rings. The largest absolute Gasteiger partial charge is 0.464 e. The highest BCUT2D eigenvalue weighted by Crippen LogP contribution is 2.35. The molecule has 0 radical (unpaired) electrons. The molecule has 0 bridgehead atoms. The number of ether oxygens (including phenoxy) is 4. The van der Waals surface area contributed by atoms with Gasteiger partial charge < -0.3 is 18.9 Å². The van der Waals surface area contributed by atoms with Crippen molar-refractivity contribution in [3.8, 4) is 0 Å². The first-order valence-corrected chi connectivity index (χ1v) is 10.2. The molecule has 0 aliphatic carbocycles. The van der Waals surface area contributed by atoms with E-state index in [4.69, 9.17) is 18.9 Å². The lowest BCUT2D eigenvalue weighted by molar-refractivity contribution is -0.174. The van der Waals surface area contributed by atoms with Crippen molar-refractivity contribution in [1.29, 1.82) is 0 Å². The van der Waals surface area contributed by atoms with Gasteiger partial charge in [-0.05, 0) is 20.3 Å². The average Bonchev–Trinajstić information content (AvgIpc) is 2.73. The number of hydrogen-bond donors (Lipinski definition) is 0. The molecule has 0 heterocycles. The van der Waals surface area contributed by atoms with E-state index < -0.39 is 46.2 Å². The van der Waals surface area contributed by atoms with Crippen LogP contribution in [0.4, 0.5) is 0 Å². The van der Waals surface area contributed by atoms with E-state index in [1.165, 1.54) is 0 Å². The number of hydrogen-bond acceptors (Lipinski definition) is 8. The second kappa shape index (κ2) is 12.2. The van der Waals surface area contributed by atoms with Gasteiger partial charge >= 0.3 is 23.9 Å². The van der Waals surface area contributed by atoms with Crippen molar-refractivity contribution in [2.24, 2.45) is 16.2 Å². The molecule has 0 aromatic rings. The van der Waals surface area contributed by atoms with Gasteiger partial charge in [-0.1, -0.05) is 47.4 Å². The number of esters is 4. The Bertz CT molecular complexity index is 730. The Balaban J connectivity index is 5.38. The molecule has 0 N–H and O–H groups in total. The van der Waals surface area contributed by atoms with Crippen LogP contribution < -0.4 is 0 Å². The summed E-state index contributed by atoms with van der Waals surface area (Å²) in [6.45, 7) is 20.5. The van der Waals surface area contributed by atoms with Gasteiger partial charge in [-0.2, -0.15) is 0 Å². The molecule has 1 unspecified atom stereocenters. The van der Waals surface area contributed by atoms with Gasteiger partial charge in [-0.3, -0.25) is 4.79 Å². The van der Waals surface area contributed by atoms with Gasteiger partial charge in [-0.15, -0.1) is 0 Å². The summed E-state index contributed by atoms with van der Waals surface area (Å²) in [5.74, 6) is -2.43. The van der Waals surface area contributed by atoms with Crippen molar-refractivity contribution < 1.29 is 38.1 Å². The molecule has 1 atom stereocenters. The molecule has 0 fully saturated rings. The van der Waals surface area contributed by atoms with Crippen LogP contribution in [-0.2, 0) is 38.1 Å². The molecular weight excluding hydrogens is 416 g/mol. The molecular formula is C24H36O8. The zero-order valence-corrected chi connectivity index (χ0v) is 20.0. The minimum atomic E-state index is -1.23. The summed E-state index contributed by atoms with van der Waals surface area (Å²) < 4.78 is 21.1. The van der Waals surface area contributed by atoms with Crippen LogP contribution in [0.1, 0.15) is 48.0 Å². The van der Waals surface area contributed by atoms with Crippen LogP contribution in [0.2, 0.25) is 0 Å². The Kier molecular flexibility index (Phi) is 11.1. The standard InChI is InChI=1S/C24H36O8/c1-10-18(25)29-14-22(4,5)13-17(32-20(27)12-3)24(8,9)21(28)31-16-23(6,7)15-30-19(26)11-2/h10-12,17H,1-3,13-16H2,4-9H3. The van der Waals surface area contributed by atoms with E-state index in [0.717, 1.165) is 18.2 Å². The highest BCUT2D eigenvalue weighted by Gasteiger charge is 2.44. The van der Waals surface area contributed by atoms with E-state index in [9.17, 15) is 19.2 Å². The normalized spacial score (nSPS) is 12.7. The van der Waals surface area contributed by atoms with E-state index in [2.05, 4.69) is 19.7 Å². The van der Waals surface area contributed by atoms with E-state index >= 15 is 0 Å². The molecule has 8 heteroatoms. The van der Waals surface area contributed by atoms with E-state index in [-0.39, 0.29) is 26.2 Å². The Morgan fingerprint density at radius 2 is 1.09 bits per heavy atom. The summed E-state index contributed by atoms with van der Waals surface area (Å²) in [6, 6.07) is 0. The van der Waals surface area contributed by atoms with E-state index in [1.54, 1.807) is 27.7 Å². The second-order valence-electron chi connectivity index (χ2n) is 9.58. The van der Waals surface area contributed by atoms with Gasteiger partial charge in [0, 0.05) is 29.1 Å². The first kappa shape index (κ1) is 29.1. The van der Waals surface area contributed by atoms with Crippen LogP contribution in [-0.4, -0.2) is 49.8 Å². The van der Waals surface area contributed by atoms with Crippen LogP contribution in [0, 0.1) is 16.2 Å². The lowest BCUT2D eigenvalue weighted by Crippen LogP contribution is -2.45. The van der Waals surface area contributed by atoms with Gasteiger partial charge in [0.1, 0.15) is 6.10 Å². The van der Waals surface area contributed by atoms with Gasteiger partial charge in [0.15, 0.2) is 0 Å². The molecule has 0 amide bonds. The van der Waals surface area contributed by atoms with Gasteiger partial charge in [0.25, 0.3) is 0 Å². The molecule has 0 aromatic heterocycles. The van der Waals surface area contributed by atoms with Crippen molar-refractivity contribution in [1.82, 2.24) is 0 Å². The summed E-state index contributed by atoms with van der Waals surface area (Å²) in [5, 5.41) is 0. The highest BCUT2D eigenvalue weighted by atomic mass is 16.6. The maximum atomic E-state index is 13.0. The smallest absolute Gasteiger partial charge is 0.330 e. The maximum absolute atomic E-state index is 13.0. The lowest BCUT2D eigenvalue weighted by atomic mass is 9.76. The molecule has 32 heavy (non-hydrogen) atoms. The van der Waals surface area contributed by atoms with E-state index in [1.807, 2.05) is 13.8 Å². The summed E-state index contributed by atoms with van der Waals surface area (Å²) in [5.41, 5.74) is -2.50. The lowest BCUT2D eigenvalue weighted by Gasteiger charge is -2.37. The highest BCUT2D eigenvalue weighted by molar-refractivity contribution is 5.83. The molecule has 0 aromatic carbocycles. The molecule has 0 spiro atoms. The van der Waals surface area contributed by atoms with Gasteiger partial charge in [0.2, 0.25) is 0 Å². The summed E-state index contributed by atoms with van der Waals surface area (Å²) >= 11 is 0. The third kappa shape index (κ3) is 10.4. The molecule has 0 rings (SSSR count). The third-order valence-corrected chi connectivity index (χ3v) is 4.63. The minimum absolute atomic E-state index is 0.0256. The van der Waals surface area contributed by atoms with Crippen molar-refractivity contribution >= 4 is 23.9 Å². The number of carbonyl (C=O) groups is 4. The van der Waals surface area contributed by atoms with Gasteiger partial charge in [0.05, 0.1) is 25.2 Å². The predicted octanol–water partition coefficient (Wildman–Crippen LogP) is 3.55. The van der Waals surface area contributed by atoms with E-state index in [0.29, 0.717) is 0 Å². The Morgan fingerprint density at radius 3 is 1.53 bits per heavy atom. The maximum Gasteiger partial charge on any atom is 0.330 e. The van der Waals surface area contributed by atoms with Crippen LogP contribution in [0.5, 0.6) is 0 Å². The summed E-state index contributed by atoms with van der Waals surface area (Å²) in [6.07, 6.45) is 2.44. The fourth-order valence-electron chi connectivity index (χ4n) is 2.46. The predicted molar refractivity (Wildman–Crippen MR) is 119 cm³/mol. The topological polar surface area (TPSA) is 105 Å². The fraction of sp³-hybridized carbons (Fsp3) is 0.583. The Morgan fingerprint density at radius 1 is 0.688 bits per heavy atom. The van der Waals surface area contributed by atoms with Gasteiger partial charge in [-0.25, -0.2) is 14.4 Å². The fourth-order valence-corrected chi connectivity index (χ4v) is 2.46. The Labute approximate surface area is 190 Å². The molecule has 0 aliphatic heterocycles. The van der Waals surface area contributed by atoms with Crippen LogP contribution in [0.15, 0.2) is 38.0 Å². The van der Waals surface area contributed by atoms with Crippen LogP contribution >= 0.6 is 0 Å².